The van der Waals surface area contributed by atoms with E-state index in [1.165, 1.54) is 11.1 Å². The fourth-order valence-electron chi connectivity index (χ4n) is 2.02. The summed E-state index contributed by atoms with van der Waals surface area (Å²) in [6.07, 6.45) is 3.14. The number of rotatable bonds is 2. The molecule has 1 aliphatic heterocycles. The second-order valence-corrected chi connectivity index (χ2v) is 4.23. The molecule has 0 fully saturated rings. The van der Waals surface area contributed by atoms with Gasteiger partial charge in [0, 0.05) is 12.2 Å². The molecular formula is C12H17BN2O. The highest BCUT2D eigenvalue weighted by atomic mass is 16.2. The van der Waals surface area contributed by atoms with Crippen molar-refractivity contribution in [3.05, 3.63) is 35.9 Å². The van der Waals surface area contributed by atoms with Crippen molar-refractivity contribution in [2.75, 3.05) is 18.8 Å². The fourth-order valence-corrected chi connectivity index (χ4v) is 2.02. The maximum Gasteiger partial charge on any atom is 0.376 e. The number of hydrogen-bond donors (Lipinski definition) is 2. The molecule has 3 nitrogen and oxygen atoms in total. The van der Waals surface area contributed by atoms with E-state index in [9.17, 15) is 5.02 Å². The molecule has 1 heterocycles. The molecule has 1 aromatic rings. The lowest BCUT2D eigenvalue weighted by Crippen LogP contribution is -2.39. The van der Waals surface area contributed by atoms with Crippen LogP contribution in [-0.2, 0) is 0 Å². The van der Waals surface area contributed by atoms with Crippen molar-refractivity contribution in [3.8, 4) is 0 Å². The normalized spacial score (nSPS) is 17.0. The zero-order valence-electron chi connectivity index (χ0n) is 9.56. The maximum absolute atomic E-state index is 9.45. The molecule has 0 aromatic heterocycles. The molecule has 0 unspecified atom stereocenters. The summed E-state index contributed by atoms with van der Waals surface area (Å²) in [5, 5.41) is 9.45. The van der Waals surface area contributed by atoms with Gasteiger partial charge in [-0.1, -0.05) is 18.2 Å². The Morgan fingerprint density at radius 1 is 1.44 bits per heavy atom. The highest BCUT2D eigenvalue weighted by molar-refractivity contribution is 6.45. The van der Waals surface area contributed by atoms with Gasteiger partial charge in [-0.15, -0.1) is 0 Å². The van der Waals surface area contributed by atoms with Gasteiger partial charge >= 0.3 is 7.05 Å². The van der Waals surface area contributed by atoms with Gasteiger partial charge in [-0.25, -0.2) is 0 Å². The summed E-state index contributed by atoms with van der Waals surface area (Å²) < 4.78 is 0. The third-order valence-electron chi connectivity index (χ3n) is 3.03. The van der Waals surface area contributed by atoms with Crippen LogP contribution in [0.4, 0.5) is 5.69 Å². The zero-order chi connectivity index (χ0) is 11.5. The largest absolute Gasteiger partial charge is 0.437 e. The van der Waals surface area contributed by atoms with Crippen molar-refractivity contribution < 1.29 is 5.02 Å². The average molecular weight is 216 g/mol. The highest BCUT2D eigenvalue weighted by Gasteiger charge is 2.19. The van der Waals surface area contributed by atoms with E-state index in [4.69, 9.17) is 5.73 Å². The first-order valence-corrected chi connectivity index (χ1v) is 5.64. The van der Waals surface area contributed by atoms with Crippen LogP contribution in [0.3, 0.4) is 0 Å². The Bertz CT molecular complexity index is 404. The standard InChI is InChI=1S/C12H17BN2O/c1-13(16)15-7-5-10(6-8-15)11-3-2-4-12(14)9-11/h2-5,9,16H,6-8,14H2,1H3. The van der Waals surface area contributed by atoms with Crippen molar-refractivity contribution in [2.24, 2.45) is 0 Å². The van der Waals surface area contributed by atoms with Crippen molar-refractivity contribution in [3.63, 3.8) is 0 Å². The van der Waals surface area contributed by atoms with E-state index in [-0.39, 0.29) is 7.05 Å². The van der Waals surface area contributed by atoms with E-state index in [0.717, 1.165) is 25.2 Å². The predicted molar refractivity (Wildman–Crippen MR) is 68.9 cm³/mol. The first kappa shape index (κ1) is 11.2. The molecule has 1 aromatic carbocycles. The Labute approximate surface area is 96.7 Å². The number of hydrogen-bond acceptors (Lipinski definition) is 3. The first-order valence-electron chi connectivity index (χ1n) is 5.64. The quantitative estimate of drug-likeness (QED) is 0.581. The van der Waals surface area contributed by atoms with Crippen LogP contribution in [0, 0.1) is 0 Å². The van der Waals surface area contributed by atoms with Gasteiger partial charge in [0.25, 0.3) is 0 Å². The second kappa shape index (κ2) is 4.72. The molecule has 0 aliphatic carbocycles. The van der Waals surface area contributed by atoms with Gasteiger partial charge in [0.05, 0.1) is 0 Å². The Morgan fingerprint density at radius 3 is 2.81 bits per heavy atom. The molecule has 0 bridgehead atoms. The van der Waals surface area contributed by atoms with Crippen LogP contribution in [0.5, 0.6) is 0 Å². The van der Waals surface area contributed by atoms with Gasteiger partial charge in [-0.05, 0) is 43.1 Å². The molecule has 0 amide bonds. The lowest BCUT2D eigenvalue weighted by molar-refractivity contribution is 0.392. The van der Waals surface area contributed by atoms with Crippen LogP contribution in [0.1, 0.15) is 12.0 Å². The van der Waals surface area contributed by atoms with Crippen LogP contribution in [0.2, 0.25) is 6.82 Å². The summed E-state index contributed by atoms with van der Waals surface area (Å²) in [7, 11) is -0.362. The van der Waals surface area contributed by atoms with Crippen LogP contribution in [0.15, 0.2) is 30.3 Å². The van der Waals surface area contributed by atoms with Crippen molar-refractivity contribution in [2.45, 2.75) is 13.2 Å². The van der Waals surface area contributed by atoms with Gasteiger partial charge in [-0.3, -0.25) is 0 Å². The Balaban J connectivity index is 2.13. The van der Waals surface area contributed by atoms with Crippen molar-refractivity contribution in [1.82, 2.24) is 4.81 Å². The minimum absolute atomic E-state index is 0.362. The van der Waals surface area contributed by atoms with Crippen LogP contribution < -0.4 is 5.73 Å². The minimum Gasteiger partial charge on any atom is -0.437 e. The van der Waals surface area contributed by atoms with Gasteiger partial charge in [-0.2, -0.15) is 0 Å². The number of anilines is 1. The summed E-state index contributed by atoms with van der Waals surface area (Å²) >= 11 is 0. The van der Waals surface area contributed by atoms with Crippen molar-refractivity contribution in [1.29, 1.82) is 0 Å². The number of nitrogens with zero attached hydrogens (tertiary/aromatic N) is 1. The third kappa shape index (κ3) is 2.46. The van der Waals surface area contributed by atoms with E-state index in [2.05, 4.69) is 12.1 Å². The molecule has 84 valence electrons. The predicted octanol–water partition coefficient (Wildman–Crippen LogP) is 1.47. The molecule has 0 radical (unpaired) electrons. The second-order valence-electron chi connectivity index (χ2n) is 4.23. The lowest BCUT2D eigenvalue weighted by Gasteiger charge is -2.27. The van der Waals surface area contributed by atoms with E-state index in [0.29, 0.717) is 0 Å². The molecule has 3 N–H and O–H groups in total. The van der Waals surface area contributed by atoms with Gasteiger partial charge < -0.3 is 15.6 Å². The Kier molecular flexibility index (Phi) is 3.32. The van der Waals surface area contributed by atoms with Crippen LogP contribution >= 0.6 is 0 Å². The van der Waals surface area contributed by atoms with Crippen molar-refractivity contribution >= 4 is 18.3 Å². The average Bonchev–Trinajstić information content (AvgIpc) is 2.29. The van der Waals surface area contributed by atoms with E-state index in [1.54, 1.807) is 6.82 Å². The van der Waals surface area contributed by atoms with Gasteiger partial charge in [0.2, 0.25) is 0 Å². The summed E-state index contributed by atoms with van der Waals surface area (Å²) in [5.41, 5.74) is 9.09. The number of benzene rings is 1. The fraction of sp³-hybridized carbons (Fsp3) is 0.333. The van der Waals surface area contributed by atoms with E-state index >= 15 is 0 Å². The molecular weight excluding hydrogens is 199 g/mol. The smallest absolute Gasteiger partial charge is 0.376 e. The zero-order valence-corrected chi connectivity index (χ0v) is 9.56. The number of nitrogen functional groups attached to an aromatic ring is 1. The molecule has 0 spiro atoms. The molecule has 1 aliphatic rings. The van der Waals surface area contributed by atoms with Crippen LogP contribution in [-0.4, -0.2) is 30.0 Å². The Hall–Kier alpha value is -1.26. The molecule has 0 saturated heterocycles. The third-order valence-corrected chi connectivity index (χ3v) is 3.03. The molecule has 16 heavy (non-hydrogen) atoms. The summed E-state index contributed by atoms with van der Waals surface area (Å²) in [4.78, 5) is 2.04. The lowest BCUT2D eigenvalue weighted by atomic mass is 9.82. The maximum atomic E-state index is 9.45. The topological polar surface area (TPSA) is 49.5 Å². The molecule has 0 atom stereocenters. The first-order chi connectivity index (χ1) is 7.66. The molecule has 4 heteroatoms. The Morgan fingerprint density at radius 2 is 2.25 bits per heavy atom. The SMILES string of the molecule is CB(O)N1CC=C(c2cccc(N)c2)CC1. The monoisotopic (exact) mass is 216 g/mol. The summed E-state index contributed by atoms with van der Waals surface area (Å²) in [5.74, 6) is 0. The van der Waals surface area contributed by atoms with Gasteiger partial charge in [0.1, 0.15) is 0 Å². The van der Waals surface area contributed by atoms with E-state index < -0.39 is 0 Å². The minimum atomic E-state index is -0.362. The number of nitrogens with two attached hydrogens (primary N) is 1. The molecule has 2 rings (SSSR count). The highest BCUT2D eigenvalue weighted by Crippen LogP contribution is 2.23. The van der Waals surface area contributed by atoms with E-state index in [1.807, 2.05) is 23.0 Å². The molecule has 0 saturated carbocycles. The van der Waals surface area contributed by atoms with Gasteiger partial charge in [0.15, 0.2) is 0 Å². The summed E-state index contributed by atoms with van der Waals surface area (Å²) in [6, 6.07) is 7.96. The summed E-state index contributed by atoms with van der Waals surface area (Å²) in [6.45, 7) is 3.51. The van der Waals surface area contributed by atoms with Crippen LogP contribution in [0.25, 0.3) is 5.57 Å².